The summed E-state index contributed by atoms with van der Waals surface area (Å²) in [6.45, 7) is 0. The van der Waals surface area contributed by atoms with E-state index in [0.717, 1.165) is 24.3 Å². The van der Waals surface area contributed by atoms with Crippen molar-refractivity contribution in [3.63, 3.8) is 0 Å². The molecule has 0 fully saturated rings. The van der Waals surface area contributed by atoms with E-state index in [-0.39, 0.29) is 11.1 Å². The summed E-state index contributed by atoms with van der Waals surface area (Å²) in [5.74, 6) is -3.45. The van der Waals surface area contributed by atoms with Crippen molar-refractivity contribution in [3.05, 3.63) is 24.3 Å². The van der Waals surface area contributed by atoms with E-state index < -0.39 is 34.5 Å². The van der Waals surface area contributed by atoms with Crippen LogP contribution in [0.1, 0.15) is 0 Å². The van der Waals surface area contributed by atoms with Gasteiger partial charge in [0.1, 0.15) is 11.5 Å². The maximum atomic E-state index is 9.66. The average molecular weight is 250 g/mol. The van der Waals surface area contributed by atoms with Gasteiger partial charge in [-0.15, -0.1) is 0 Å². The molecule has 0 radical (unpaired) electrons. The number of rotatable bonds is 1. The van der Waals surface area contributed by atoms with Gasteiger partial charge < -0.3 is 30.6 Å². The van der Waals surface area contributed by atoms with E-state index in [0.29, 0.717) is 0 Å². The number of aromatic hydroxyl groups is 6. The first-order valence-electron chi connectivity index (χ1n) is 4.91. The number of benzene rings is 2. The third kappa shape index (κ3) is 1.60. The smallest absolute Gasteiger partial charge is 0.169 e. The molecule has 0 atom stereocenters. The van der Waals surface area contributed by atoms with E-state index >= 15 is 0 Å². The van der Waals surface area contributed by atoms with Gasteiger partial charge in [-0.1, -0.05) is 0 Å². The van der Waals surface area contributed by atoms with Crippen molar-refractivity contribution in [2.45, 2.75) is 0 Å². The Morgan fingerprint density at radius 3 is 1.06 bits per heavy atom. The Morgan fingerprint density at radius 1 is 0.444 bits per heavy atom. The molecule has 0 saturated heterocycles. The van der Waals surface area contributed by atoms with Crippen molar-refractivity contribution in [1.29, 1.82) is 0 Å². The number of hydrogen-bond acceptors (Lipinski definition) is 6. The Hall–Kier alpha value is -2.76. The van der Waals surface area contributed by atoms with Gasteiger partial charge in [-0.2, -0.15) is 0 Å². The van der Waals surface area contributed by atoms with Gasteiger partial charge in [-0.3, -0.25) is 0 Å². The molecule has 0 saturated carbocycles. The van der Waals surface area contributed by atoms with Crippen LogP contribution in [0.4, 0.5) is 0 Å². The lowest BCUT2D eigenvalue weighted by molar-refractivity contribution is 0.390. The lowest BCUT2D eigenvalue weighted by Crippen LogP contribution is -1.85. The molecule has 2 aromatic carbocycles. The van der Waals surface area contributed by atoms with E-state index in [9.17, 15) is 30.6 Å². The van der Waals surface area contributed by atoms with Gasteiger partial charge in [0.15, 0.2) is 23.0 Å². The van der Waals surface area contributed by atoms with Crippen LogP contribution in [0.15, 0.2) is 24.3 Å². The summed E-state index contributed by atoms with van der Waals surface area (Å²) >= 11 is 0. The molecule has 18 heavy (non-hydrogen) atoms. The molecule has 0 bridgehead atoms. The van der Waals surface area contributed by atoms with Gasteiger partial charge in [-0.05, 0) is 24.3 Å². The van der Waals surface area contributed by atoms with Gasteiger partial charge in [0.2, 0.25) is 0 Å². The molecule has 6 heteroatoms. The molecule has 2 rings (SSSR count). The van der Waals surface area contributed by atoms with Gasteiger partial charge >= 0.3 is 0 Å². The summed E-state index contributed by atoms with van der Waals surface area (Å²) in [4.78, 5) is 0. The SMILES string of the molecule is Oc1ccc(O)c(-c2c(O)ccc(O)c2O)c1O. The van der Waals surface area contributed by atoms with Gasteiger partial charge in [0.25, 0.3) is 0 Å². The second-order valence-electron chi connectivity index (χ2n) is 3.65. The van der Waals surface area contributed by atoms with Crippen molar-refractivity contribution in [2.24, 2.45) is 0 Å². The van der Waals surface area contributed by atoms with Crippen molar-refractivity contribution >= 4 is 0 Å². The standard InChI is InChI=1S/C12H10O6/c13-5-1-3-7(15)11(17)9(5)10-6(14)2-4-8(16)12(10)18/h1-4,13-18H. The van der Waals surface area contributed by atoms with Gasteiger partial charge in [0.05, 0.1) is 11.1 Å². The third-order valence-corrected chi connectivity index (χ3v) is 2.52. The highest BCUT2D eigenvalue weighted by atomic mass is 16.3. The number of phenols is 6. The van der Waals surface area contributed by atoms with Crippen LogP contribution in [0.5, 0.6) is 34.5 Å². The molecule has 0 heterocycles. The summed E-state index contributed by atoms with van der Waals surface area (Å²) in [6, 6.07) is 4.25. The lowest BCUT2D eigenvalue weighted by atomic mass is 10.0. The Morgan fingerprint density at radius 2 is 0.722 bits per heavy atom. The predicted octanol–water partition coefficient (Wildman–Crippen LogP) is 1.59. The second kappa shape index (κ2) is 3.92. The van der Waals surface area contributed by atoms with Gasteiger partial charge in [-0.25, -0.2) is 0 Å². The van der Waals surface area contributed by atoms with E-state index in [1.54, 1.807) is 0 Å². The zero-order valence-corrected chi connectivity index (χ0v) is 8.99. The molecular formula is C12H10O6. The first kappa shape index (κ1) is 11.7. The Bertz CT molecular complexity index is 565. The number of hydrogen-bond donors (Lipinski definition) is 6. The maximum absolute atomic E-state index is 9.66. The first-order chi connectivity index (χ1) is 8.43. The molecule has 0 aromatic heterocycles. The van der Waals surface area contributed by atoms with E-state index in [2.05, 4.69) is 0 Å². The lowest BCUT2D eigenvalue weighted by Gasteiger charge is -2.12. The van der Waals surface area contributed by atoms with Crippen LogP contribution in [0.3, 0.4) is 0 Å². The van der Waals surface area contributed by atoms with Crippen LogP contribution in [0, 0.1) is 0 Å². The van der Waals surface area contributed by atoms with Crippen molar-refractivity contribution < 1.29 is 30.6 Å². The molecular weight excluding hydrogens is 240 g/mol. The highest BCUT2D eigenvalue weighted by Gasteiger charge is 2.22. The van der Waals surface area contributed by atoms with Crippen molar-refractivity contribution in [1.82, 2.24) is 0 Å². The molecule has 0 spiro atoms. The minimum atomic E-state index is -0.716. The van der Waals surface area contributed by atoms with Crippen LogP contribution in [-0.2, 0) is 0 Å². The topological polar surface area (TPSA) is 121 Å². The monoisotopic (exact) mass is 250 g/mol. The molecule has 0 unspecified atom stereocenters. The molecule has 2 aromatic rings. The van der Waals surface area contributed by atoms with Crippen molar-refractivity contribution in [3.8, 4) is 45.6 Å². The summed E-state index contributed by atoms with van der Waals surface area (Å²) < 4.78 is 0. The fraction of sp³-hybridized carbons (Fsp3) is 0. The Balaban J connectivity index is 2.85. The fourth-order valence-electron chi connectivity index (χ4n) is 1.63. The molecule has 0 amide bonds. The third-order valence-electron chi connectivity index (χ3n) is 2.52. The predicted molar refractivity (Wildman–Crippen MR) is 61.9 cm³/mol. The van der Waals surface area contributed by atoms with Crippen LogP contribution in [0.2, 0.25) is 0 Å². The largest absolute Gasteiger partial charge is 0.507 e. The second-order valence-corrected chi connectivity index (χ2v) is 3.65. The summed E-state index contributed by atoms with van der Waals surface area (Å²) in [7, 11) is 0. The first-order valence-corrected chi connectivity index (χ1v) is 4.91. The molecule has 6 nitrogen and oxygen atoms in total. The molecule has 0 aliphatic carbocycles. The quantitative estimate of drug-likeness (QED) is 0.337. The van der Waals surface area contributed by atoms with Crippen LogP contribution in [0.25, 0.3) is 11.1 Å². The maximum Gasteiger partial charge on any atom is 0.169 e. The molecule has 0 aliphatic rings. The Labute approximate surface area is 101 Å². The highest BCUT2D eigenvalue weighted by molar-refractivity contribution is 5.87. The Kier molecular flexibility index (Phi) is 2.55. The fourth-order valence-corrected chi connectivity index (χ4v) is 1.63. The minimum Gasteiger partial charge on any atom is -0.507 e. The van der Waals surface area contributed by atoms with Crippen molar-refractivity contribution in [2.75, 3.05) is 0 Å². The average Bonchev–Trinajstić information content (AvgIpc) is 2.33. The summed E-state index contributed by atoms with van der Waals surface area (Å²) in [6.07, 6.45) is 0. The summed E-state index contributed by atoms with van der Waals surface area (Å²) in [5.41, 5.74) is -0.748. The molecule has 6 N–H and O–H groups in total. The van der Waals surface area contributed by atoms with Crippen LogP contribution >= 0.6 is 0 Å². The van der Waals surface area contributed by atoms with E-state index in [1.807, 2.05) is 0 Å². The zero-order chi connectivity index (χ0) is 13.4. The van der Waals surface area contributed by atoms with E-state index in [4.69, 9.17) is 0 Å². The summed E-state index contributed by atoms with van der Waals surface area (Å²) in [5, 5.41) is 57.3. The van der Waals surface area contributed by atoms with Gasteiger partial charge in [0, 0.05) is 0 Å². The number of phenolic OH excluding ortho intramolecular Hbond substituents is 6. The zero-order valence-electron chi connectivity index (χ0n) is 8.99. The van der Waals surface area contributed by atoms with E-state index in [1.165, 1.54) is 0 Å². The van der Waals surface area contributed by atoms with Crippen LogP contribution in [-0.4, -0.2) is 30.6 Å². The highest BCUT2D eigenvalue weighted by Crippen LogP contribution is 2.51. The minimum absolute atomic E-state index is 0.374. The molecule has 94 valence electrons. The normalized spacial score (nSPS) is 10.4. The molecule has 0 aliphatic heterocycles. The van der Waals surface area contributed by atoms with Crippen LogP contribution < -0.4 is 0 Å².